The van der Waals surface area contributed by atoms with E-state index < -0.39 is 46.5 Å². The molecule has 1 aliphatic carbocycles. The molecule has 0 spiro atoms. The highest BCUT2D eigenvalue weighted by molar-refractivity contribution is 5.75. The molecule has 2 amide bonds. The summed E-state index contributed by atoms with van der Waals surface area (Å²) in [5, 5.41) is 13.9. The highest BCUT2D eigenvalue weighted by Crippen LogP contribution is 2.38. The fraction of sp³-hybridized carbons (Fsp3) is 0.632. The molecule has 1 aliphatic heterocycles. The zero-order valence-corrected chi connectivity index (χ0v) is 16.9. The number of hydrogen-bond donors (Lipinski definition) is 1. The molecular formula is C19H22F6N4O3. The van der Waals surface area contributed by atoms with Gasteiger partial charge in [-0.2, -0.15) is 26.3 Å². The number of halogens is 6. The van der Waals surface area contributed by atoms with Gasteiger partial charge in [0, 0.05) is 38.3 Å². The van der Waals surface area contributed by atoms with E-state index in [1.165, 1.54) is 9.80 Å². The number of amides is 2. The fourth-order valence-corrected chi connectivity index (χ4v) is 4.15. The molecule has 1 saturated heterocycles. The predicted octanol–water partition coefficient (Wildman–Crippen LogP) is 4.57. The number of carbonyl (C=O) groups is 1. The zero-order chi connectivity index (χ0) is 23.7. The first-order valence-corrected chi connectivity index (χ1v) is 10.1. The maximum absolute atomic E-state index is 13.0. The second-order valence-corrected chi connectivity index (χ2v) is 7.98. The van der Waals surface area contributed by atoms with Crippen LogP contribution in [0.4, 0.5) is 42.5 Å². The van der Waals surface area contributed by atoms with Crippen LogP contribution in [0.1, 0.15) is 31.2 Å². The van der Waals surface area contributed by atoms with E-state index >= 15 is 0 Å². The van der Waals surface area contributed by atoms with Crippen LogP contribution in [0.15, 0.2) is 18.2 Å². The summed E-state index contributed by atoms with van der Waals surface area (Å²) in [6.07, 6.45) is -8.33. The maximum Gasteiger partial charge on any atom is 0.416 e. The van der Waals surface area contributed by atoms with Gasteiger partial charge < -0.3 is 15.1 Å². The van der Waals surface area contributed by atoms with Crippen molar-refractivity contribution in [2.45, 2.75) is 44.1 Å². The Morgan fingerprint density at radius 2 is 1.72 bits per heavy atom. The first kappa shape index (κ1) is 23.9. The largest absolute Gasteiger partial charge is 0.416 e. The number of nitrogens with zero attached hydrogens (tertiary/aromatic N) is 3. The first-order chi connectivity index (χ1) is 14.9. The van der Waals surface area contributed by atoms with E-state index in [9.17, 15) is 41.3 Å². The number of nitrogens with one attached hydrogen (secondary N) is 1. The van der Waals surface area contributed by atoms with Crippen molar-refractivity contribution < 1.29 is 36.1 Å². The van der Waals surface area contributed by atoms with E-state index in [-0.39, 0.29) is 44.7 Å². The summed E-state index contributed by atoms with van der Waals surface area (Å²) >= 11 is 0. The van der Waals surface area contributed by atoms with E-state index in [4.69, 9.17) is 0 Å². The molecule has 32 heavy (non-hydrogen) atoms. The van der Waals surface area contributed by atoms with Crippen LogP contribution in [0.5, 0.6) is 0 Å². The molecule has 3 rings (SSSR count). The summed E-state index contributed by atoms with van der Waals surface area (Å²) < 4.78 is 77.5. The van der Waals surface area contributed by atoms with Crippen LogP contribution in [0, 0.1) is 16.0 Å². The summed E-state index contributed by atoms with van der Waals surface area (Å²) in [6, 6.07) is 1.18. The van der Waals surface area contributed by atoms with Crippen LogP contribution in [0.3, 0.4) is 0 Å². The van der Waals surface area contributed by atoms with Crippen LogP contribution >= 0.6 is 0 Å². The summed E-state index contributed by atoms with van der Waals surface area (Å²) in [5.74, 6) is -1.45. The standard InChI is InChI=1S/C19H22F6N4O3/c20-18(21,22)12-2-1-3-14(10-12)26-17(30)28-8-6-27(7-9-28)15-5-4-13(19(23,24)25)11-16(15)29(31)32/h4-5,11-12,14H,1-3,6-10H2,(H,26,30)/t12-,14-/m0/s1. The molecule has 0 bridgehead atoms. The van der Waals surface area contributed by atoms with E-state index in [1.807, 2.05) is 0 Å². The van der Waals surface area contributed by atoms with Gasteiger partial charge in [-0.1, -0.05) is 6.42 Å². The number of carbonyl (C=O) groups excluding carboxylic acids is 1. The van der Waals surface area contributed by atoms with Crippen molar-refractivity contribution in [1.29, 1.82) is 0 Å². The Balaban J connectivity index is 1.60. The highest BCUT2D eigenvalue weighted by atomic mass is 19.4. The number of rotatable bonds is 3. The summed E-state index contributed by atoms with van der Waals surface area (Å²) in [5.41, 5.74) is -1.79. The minimum atomic E-state index is -4.72. The lowest BCUT2D eigenvalue weighted by atomic mass is 9.85. The number of alkyl halides is 6. The Hall–Kier alpha value is -2.73. The number of nitro benzene ring substituents is 1. The van der Waals surface area contributed by atoms with Crippen molar-refractivity contribution in [3.05, 3.63) is 33.9 Å². The molecule has 178 valence electrons. The molecule has 2 aliphatic rings. The quantitative estimate of drug-likeness (QED) is 0.401. The second-order valence-electron chi connectivity index (χ2n) is 7.98. The van der Waals surface area contributed by atoms with Crippen molar-refractivity contribution in [3.8, 4) is 0 Å². The van der Waals surface area contributed by atoms with Crippen molar-refractivity contribution in [3.63, 3.8) is 0 Å². The molecule has 0 unspecified atom stereocenters. The van der Waals surface area contributed by atoms with Crippen molar-refractivity contribution >= 4 is 17.4 Å². The lowest BCUT2D eigenvalue weighted by molar-refractivity contribution is -0.384. The molecule has 1 aromatic rings. The van der Waals surface area contributed by atoms with Crippen molar-refractivity contribution in [1.82, 2.24) is 10.2 Å². The molecule has 1 saturated carbocycles. The average molecular weight is 468 g/mol. The van der Waals surface area contributed by atoms with Crippen LogP contribution in [0.2, 0.25) is 0 Å². The molecule has 2 atom stereocenters. The molecule has 7 nitrogen and oxygen atoms in total. The molecule has 1 aromatic carbocycles. The van der Waals surface area contributed by atoms with Crippen LogP contribution in [0.25, 0.3) is 0 Å². The minimum Gasteiger partial charge on any atom is -0.362 e. The van der Waals surface area contributed by atoms with Gasteiger partial charge in [0.25, 0.3) is 5.69 Å². The second kappa shape index (κ2) is 9.02. The number of nitro groups is 1. The van der Waals surface area contributed by atoms with Crippen LogP contribution < -0.4 is 10.2 Å². The zero-order valence-electron chi connectivity index (χ0n) is 16.9. The van der Waals surface area contributed by atoms with E-state index in [0.717, 1.165) is 12.1 Å². The van der Waals surface area contributed by atoms with Gasteiger partial charge in [-0.25, -0.2) is 4.79 Å². The molecule has 1 heterocycles. The van der Waals surface area contributed by atoms with E-state index in [0.29, 0.717) is 18.9 Å². The van der Waals surface area contributed by atoms with Gasteiger partial charge in [-0.15, -0.1) is 0 Å². The highest BCUT2D eigenvalue weighted by Gasteiger charge is 2.42. The third-order valence-corrected chi connectivity index (χ3v) is 5.87. The van der Waals surface area contributed by atoms with Crippen LogP contribution in [-0.4, -0.2) is 54.3 Å². The van der Waals surface area contributed by atoms with Gasteiger partial charge in [0.2, 0.25) is 0 Å². The maximum atomic E-state index is 13.0. The van der Waals surface area contributed by atoms with Gasteiger partial charge >= 0.3 is 18.4 Å². The smallest absolute Gasteiger partial charge is 0.362 e. The SMILES string of the molecule is O=C(N[C@H]1CCC[C@H](C(F)(F)F)C1)N1CCN(c2ccc(C(F)(F)F)cc2[N+](=O)[O-])CC1. The third kappa shape index (κ3) is 5.54. The molecule has 0 radical (unpaired) electrons. The molecular weight excluding hydrogens is 446 g/mol. The Morgan fingerprint density at radius 1 is 1.06 bits per heavy atom. The normalized spacial score (nSPS) is 22.6. The Kier molecular flexibility index (Phi) is 6.75. The Morgan fingerprint density at radius 3 is 2.28 bits per heavy atom. The van der Waals surface area contributed by atoms with Gasteiger partial charge in [-0.3, -0.25) is 10.1 Å². The van der Waals surface area contributed by atoms with Gasteiger partial charge in [0.15, 0.2) is 0 Å². The predicted molar refractivity (Wildman–Crippen MR) is 102 cm³/mol. The first-order valence-electron chi connectivity index (χ1n) is 10.1. The third-order valence-electron chi connectivity index (χ3n) is 5.87. The molecule has 2 fully saturated rings. The average Bonchev–Trinajstić information content (AvgIpc) is 2.72. The van der Waals surface area contributed by atoms with Gasteiger partial charge in [0.05, 0.1) is 16.4 Å². The monoisotopic (exact) mass is 468 g/mol. The van der Waals surface area contributed by atoms with Crippen molar-refractivity contribution in [2.75, 3.05) is 31.1 Å². The topological polar surface area (TPSA) is 78.7 Å². The lowest BCUT2D eigenvalue weighted by Crippen LogP contribution is -2.54. The van der Waals surface area contributed by atoms with E-state index in [2.05, 4.69) is 5.32 Å². The Labute approximate surface area is 179 Å². The number of anilines is 1. The van der Waals surface area contributed by atoms with Gasteiger partial charge in [0.1, 0.15) is 5.69 Å². The summed E-state index contributed by atoms with van der Waals surface area (Å²) in [4.78, 5) is 25.8. The number of hydrogen-bond acceptors (Lipinski definition) is 4. The summed E-state index contributed by atoms with van der Waals surface area (Å²) in [6.45, 7) is 0.518. The minimum absolute atomic E-state index is 0.0170. The van der Waals surface area contributed by atoms with Crippen LogP contribution in [-0.2, 0) is 6.18 Å². The summed E-state index contributed by atoms with van der Waals surface area (Å²) in [7, 11) is 0. The van der Waals surface area contributed by atoms with Gasteiger partial charge in [-0.05, 0) is 31.4 Å². The number of urea groups is 1. The molecule has 13 heteroatoms. The number of piperazine rings is 1. The van der Waals surface area contributed by atoms with E-state index in [1.54, 1.807) is 0 Å². The fourth-order valence-electron chi connectivity index (χ4n) is 4.15. The Bertz CT molecular complexity index is 852. The van der Waals surface area contributed by atoms with Crippen molar-refractivity contribution in [2.24, 2.45) is 5.92 Å². The molecule has 1 N–H and O–H groups in total. The lowest BCUT2D eigenvalue weighted by Gasteiger charge is -2.37. The molecule has 0 aromatic heterocycles. The number of benzene rings is 1.